The lowest BCUT2D eigenvalue weighted by atomic mass is 9.94. The zero-order chi connectivity index (χ0) is 16.4. The molecule has 1 aromatic carbocycles. The molecule has 0 aliphatic carbocycles. The minimum absolute atomic E-state index is 0.660. The SMILES string of the molecule is Cc1ccccc1[C@H]1CCN(CCn2cc(-c3nccs3)nn2)C1. The van der Waals surface area contributed by atoms with Gasteiger partial charge >= 0.3 is 0 Å². The molecule has 24 heavy (non-hydrogen) atoms. The lowest BCUT2D eigenvalue weighted by Crippen LogP contribution is -2.25. The van der Waals surface area contributed by atoms with Crippen LogP contribution in [0.5, 0.6) is 0 Å². The van der Waals surface area contributed by atoms with Crippen molar-refractivity contribution in [1.29, 1.82) is 0 Å². The van der Waals surface area contributed by atoms with Crippen LogP contribution >= 0.6 is 11.3 Å². The second kappa shape index (κ2) is 6.83. The summed E-state index contributed by atoms with van der Waals surface area (Å²) in [7, 11) is 0. The first-order chi connectivity index (χ1) is 11.8. The van der Waals surface area contributed by atoms with E-state index in [0.29, 0.717) is 5.92 Å². The normalized spacial score (nSPS) is 18.3. The quantitative estimate of drug-likeness (QED) is 0.716. The summed E-state index contributed by atoms with van der Waals surface area (Å²) in [6, 6.07) is 8.77. The van der Waals surface area contributed by atoms with E-state index in [0.717, 1.165) is 36.9 Å². The van der Waals surface area contributed by atoms with E-state index >= 15 is 0 Å². The van der Waals surface area contributed by atoms with Crippen molar-refractivity contribution in [3.63, 3.8) is 0 Å². The summed E-state index contributed by atoms with van der Waals surface area (Å²) in [5.41, 5.74) is 3.78. The van der Waals surface area contributed by atoms with Crippen molar-refractivity contribution in [1.82, 2.24) is 24.9 Å². The van der Waals surface area contributed by atoms with Crippen molar-refractivity contribution >= 4 is 11.3 Å². The maximum absolute atomic E-state index is 4.28. The Morgan fingerprint density at radius 2 is 2.17 bits per heavy atom. The molecule has 2 aromatic heterocycles. The minimum atomic E-state index is 0.660. The van der Waals surface area contributed by atoms with Gasteiger partial charge in [-0.3, -0.25) is 4.68 Å². The van der Waals surface area contributed by atoms with Crippen molar-refractivity contribution in [3.8, 4) is 10.7 Å². The van der Waals surface area contributed by atoms with Crippen LogP contribution in [0.3, 0.4) is 0 Å². The van der Waals surface area contributed by atoms with Gasteiger partial charge in [0.15, 0.2) is 0 Å². The third-order valence-electron chi connectivity index (χ3n) is 4.74. The highest BCUT2D eigenvalue weighted by Crippen LogP contribution is 2.29. The first kappa shape index (κ1) is 15.5. The number of nitrogens with zero attached hydrogens (tertiary/aromatic N) is 5. The molecule has 1 fully saturated rings. The molecule has 124 valence electrons. The zero-order valence-electron chi connectivity index (χ0n) is 13.8. The van der Waals surface area contributed by atoms with Crippen molar-refractivity contribution in [2.75, 3.05) is 19.6 Å². The van der Waals surface area contributed by atoms with Crippen LogP contribution in [0.1, 0.15) is 23.5 Å². The number of aromatic nitrogens is 4. The fraction of sp³-hybridized carbons (Fsp3) is 0.389. The molecule has 1 aliphatic rings. The molecule has 1 saturated heterocycles. The van der Waals surface area contributed by atoms with Crippen LogP contribution in [0.2, 0.25) is 0 Å². The van der Waals surface area contributed by atoms with Gasteiger partial charge in [0.2, 0.25) is 0 Å². The molecule has 0 N–H and O–H groups in total. The molecule has 4 rings (SSSR count). The fourth-order valence-electron chi connectivity index (χ4n) is 3.43. The Labute approximate surface area is 146 Å². The predicted molar refractivity (Wildman–Crippen MR) is 96.1 cm³/mol. The topological polar surface area (TPSA) is 46.8 Å². The predicted octanol–water partition coefficient (Wildman–Crippen LogP) is 3.20. The summed E-state index contributed by atoms with van der Waals surface area (Å²) in [6.07, 6.45) is 5.04. The van der Waals surface area contributed by atoms with Gasteiger partial charge in [-0.15, -0.1) is 16.4 Å². The first-order valence-corrected chi connectivity index (χ1v) is 9.25. The van der Waals surface area contributed by atoms with Crippen LogP contribution in [0.4, 0.5) is 0 Å². The van der Waals surface area contributed by atoms with Crippen LogP contribution in [-0.2, 0) is 6.54 Å². The molecule has 5 nitrogen and oxygen atoms in total. The lowest BCUT2D eigenvalue weighted by Gasteiger charge is -2.17. The summed E-state index contributed by atoms with van der Waals surface area (Å²) in [5.74, 6) is 0.660. The number of hydrogen-bond acceptors (Lipinski definition) is 5. The number of benzene rings is 1. The Morgan fingerprint density at radius 3 is 3.00 bits per heavy atom. The Hall–Kier alpha value is -2.05. The number of aryl methyl sites for hydroxylation is 1. The molecular weight excluding hydrogens is 318 g/mol. The van der Waals surface area contributed by atoms with Crippen LogP contribution < -0.4 is 0 Å². The van der Waals surface area contributed by atoms with Crippen molar-refractivity contribution < 1.29 is 0 Å². The highest BCUT2D eigenvalue weighted by atomic mass is 32.1. The molecule has 0 saturated carbocycles. The Balaban J connectivity index is 1.34. The first-order valence-electron chi connectivity index (χ1n) is 8.37. The number of likely N-dealkylation sites (tertiary alicyclic amines) is 1. The van der Waals surface area contributed by atoms with Crippen LogP contribution in [0.15, 0.2) is 42.0 Å². The maximum atomic E-state index is 4.28. The molecule has 6 heteroatoms. The van der Waals surface area contributed by atoms with Gasteiger partial charge in [-0.2, -0.15) is 0 Å². The van der Waals surface area contributed by atoms with Crippen LogP contribution in [-0.4, -0.2) is 44.5 Å². The minimum Gasteiger partial charge on any atom is -0.301 e. The van der Waals surface area contributed by atoms with E-state index < -0.39 is 0 Å². The number of hydrogen-bond donors (Lipinski definition) is 0. The maximum Gasteiger partial charge on any atom is 0.145 e. The van der Waals surface area contributed by atoms with E-state index in [2.05, 4.69) is 51.4 Å². The van der Waals surface area contributed by atoms with Crippen LogP contribution in [0, 0.1) is 6.92 Å². The summed E-state index contributed by atoms with van der Waals surface area (Å²) in [5, 5.41) is 11.3. The molecule has 0 unspecified atom stereocenters. The molecule has 1 aliphatic heterocycles. The van der Waals surface area contributed by atoms with E-state index in [4.69, 9.17) is 0 Å². The van der Waals surface area contributed by atoms with Crippen molar-refractivity contribution in [2.24, 2.45) is 0 Å². The van der Waals surface area contributed by atoms with E-state index in [1.165, 1.54) is 17.5 Å². The molecule has 0 radical (unpaired) electrons. The summed E-state index contributed by atoms with van der Waals surface area (Å²) >= 11 is 1.59. The third kappa shape index (κ3) is 3.25. The van der Waals surface area contributed by atoms with Gasteiger partial charge in [-0.1, -0.05) is 29.5 Å². The molecule has 3 heterocycles. The van der Waals surface area contributed by atoms with Gasteiger partial charge in [0.1, 0.15) is 10.7 Å². The monoisotopic (exact) mass is 339 g/mol. The fourth-order valence-corrected chi connectivity index (χ4v) is 4.02. The number of rotatable bonds is 5. The van der Waals surface area contributed by atoms with Crippen LogP contribution in [0.25, 0.3) is 10.7 Å². The summed E-state index contributed by atoms with van der Waals surface area (Å²) in [4.78, 5) is 6.81. The lowest BCUT2D eigenvalue weighted by molar-refractivity contribution is 0.310. The van der Waals surface area contributed by atoms with E-state index in [-0.39, 0.29) is 0 Å². The molecule has 3 aromatic rings. The third-order valence-corrected chi connectivity index (χ3v) is 5.53. The Morgan fingerprint density at radius 1 is 1.25 bits per heavy atom. The molecular formula is C18H21N5S. The highest BCUT2D eigenvalue weighted by molar-refractivity contribution is 7.13. The summed E-state index contributed by atoms with van der Waals surface area (Å²) < 4.78 is 1.93. The molecule has 0 bridgehead atoms. The van der Waals surface area contributed by atoms with Gasteiger partial charge in [-0.05, 0) is 36.9 Å². The average molecular weight is 339 g/mol. The number of thiazole rings is 1. The van der Waals surface area contributed by atoms with Gasteiger partial charge in [-0.25, -0.2) is 4.98 Å². The van der Waals surface area contributed by atoms with Gasteiger partial charge in [0.25, 0.3) is 0 Å². The standard InChI is InChI=1S/C18H21N5S/c1-14-4-2-3-5-16(14)15-6-8-22(12-15)9-10-23-13-17(20-21-23)18-19-7-11-24-18/h2-5,7,11,13,15H,6,8-10,12H2,1H3/t15-/m0/s1. The van der Waals surface area contributed by atoms with Gasteiger partial charge in [0.05, 0.1) is 12.7 Å². The highest BCUT2D eigenvalue weighted by Gasteiger charge is 2.24. The van der Waals surface area contributed by atoms with Gasteiger partial charge in [0, 0.05) is 24.7 Å². The van der Waals surface area contributed by atoms with E-state index in [1.54, 1.807) is 17.5 Å². The second-order valence-electron chi connectivity index (χ2n) is 6.35. The van der Waals surface area contributed by atoms with Crippen molar-refractivity contribution in [3.05, 3.63) is 53.2 Å². The smallest absolute Gasteiger partial charge is 0.145 e. The largest absolute Gasteiger partial charge is 0.301 e. The molecule has 0 spiro atoms. The Kier molecular flexibility index (Phi) is 4.40. The average Bonchev–Trinajstić information content (AvgIpc) is 3.34. The zero-order valence-corrected chi connectivity index (χ0v) is 14.6. The van der Waals surface area contributed by atoms with Crippen molar-refractivity contribution in [2.45, 2.75) is 25.8 Å². The Bertz CT molecular complexity index is 795. The molecule has 1 atom stereocenters. The summed E-state index contributed by atoms with van der Waals surface area (Å²) in [6.45, 7) is 6.40. The van der Waals surface area contributed by atoms with E-state index in [9.17, 15) is 0 Å². The molecule has 0 amide bonds. The second-order valence-corrected chi connectivity index (χ2v) is 7.24. The van der Waals surface area contributed by atoms with Gasteiger partial charge < -0.3 is 4.90 Å². The van der Waals surface area contributed by atoms with E-state index in [1.807, 2.05) is 16.3 Å².